The van der Waals surface area contributed by atoms with Gasteiger partial charge in [-0.3, -0.25) is 4.79 Å². The molecular weight excluding hydrogens is 340 g/mol. The van der Waals surface area contributed by atoms with Crippen LogP contribution in [0.1, 0.15) is 36.4 Å². The highest BCUT2D eigenvalue weighted by Gasteiger charge is 2.34. The first kappa shape index (κ1) is 17.7. The van der Waals surface area contributed by atoms with E-state index in [0.29, 0.717) is 5.69 Å². The van der Waals surface area contributed by atoms with Gasteiger partial charge in [0.25, 0.3) is 0 Å². The molecule has 0 bridgehead atoms. The molecule has 1 saturated carbocycles. The van der Waals surface area contributed by atoms with Crippen molar-refractivity contribution < 1.29 is 9.53 Å². The standard InChI is InChI=1S/C21H24N4O2/c1-12-9-10-17(27-2)16(11-12)14-7-4-8-15-18(22)20(25-24-19(14)15)21(26)23-13-5-3-6-13/h4,7-11,13,18,20H,3,5-6,22H2,1-2H3,(H,23,26). The van der Waals surface area contributed by atoms with Crippen LogP contribution in [0.15, 0.2) is 46.6 Å². The van der Waals surface area contributed by atoms with Gasteiger partial charge >= 0.3 is 0 Å². The van der Waals surface area contributed by atoms with Gasteiger partial charge in [-0.2, -0.15) is 10.2 Å². The second-order valence-corrected chi connectivity index (χ2v) is 7.27. The molecule has 1 fully saturated rings. The monoisotopic (exact) mass is 364 g/mol. The number of amides is 1. The minimum absolute atomic E-state index is 0.139. The zero-order chi connectivity index (χ0) is 19.0. The molecule has 6 heteroatoms. The number of hydrogen-bond donors (Lipinski definition) is 2. The molecule has 1 amide bonds. The van der Waals surface area contributed by atoms with Crippen LogP contribution in [0.5, 0.6) is 5.75 Å². The van der Waals surface area contributed by atoms with Gasteiger partial charge in [0.1, 0.15) is 5.75 Å². The van der Waals surface area contributed by atoms with Crippen LogP contribution in [0, 0.1) is 6.92 Å². The second kappa shape index (κ2) is 7.12. The molecule has 2 atom stereocenters. The number of aryl methyl sites for hydroxylation is 1. The van der Waals surface area contributed by atoms with Gasteiger partial charge in [-0.15, -0.1) is 0 Å². The van der Waals surface area contributed by atoms with Crippen LogP contribution in [0.25, 0.3) is 11.1 Å². The summed E-state index contributed by atoms with van der Waals surface area (Å²) in [5.41, 5.74) is 10.9. The smallest absolute Gasteiger partial charge is 0.248 e. The molecule has 2 aliphatic rings. The molecule has 0 radical (unpaired) electrons. The van der Waals surface area contributed by atoms with Gasteiger partial charge in [-0.25, -0.2) is 0 Å². The number of hydrogen-bond acceptors (Lipinski definition) is 5. The molecule has 2 unspecified atom stereocenters. The van der Waals surface area contributed by atoms with Gasteiger partial charge in [0, 0.05) is 17.2 Å². The van der Waals surface area contributed by atoms with Crippen molar-refractivity contribution in [2.45, 2.75) is 44.3 Å². The van der Waals surface area contributed by atoms with E-state index in [1.54, 1.807) is 7.11 Å². The number of nitrogens with two attached hydrogens (primary N) is 1. The lowest BCUT2D eigenvalue weighted by Gasteiger charge is -2.30. The molecule has 140 valence electrons. The summed E-state index contributed by atoms with van der Waals surface area (Å²) in [7, 11) is 1.65. The number of nitrogens with one attached hydrogen (secondary N) is 1. The highest BCUT2D eigenvalue weighted by molar-refractivity contribution is 5.87. The molecule has 0 aromatic heterocycles. The number of ether oxygens (including phenoxy) is 1. The van der Waals surface area contributed by atoms with Crippen molar-refractivity contribution in [3.63, 3.8) is 0 Å². The summed E-state index contributed by atoms with van der Waals surface area (Å²) in [6.07, 6.45) is 3.21. The topological polar surface area (TPSA) is 89.1 Å². The Morgan fingerprint density at radius 3 is 2.74 bits per heavy atom. The minimum atomic E-state index is -0.687. The molecule has 3 N–H and O–H groups in total. The Hall–Kier alpha value is -2.73. The van der Waals surface area contributed by atoms with Crippen molar-refractivity contribution in [2.24, 2.45) is 16.0 Å². The van der Waals surface area contributed by atoms with Gasteiger partial charge < -0.3 is 15.8 Å². The molecule has 27 heavy (non-hydrogen) atoms. The molecule has 2 aromatic carbocycles. The van der Waals surface area contributed by atoms with Crippen molar-refractivity contribution in [3.8, 4) is 16.9 Å². The van der Waals surface area contributed by atoms with Crippen LogP contribution in [0.2, 0.25) is 0 Å². The molecule has 0 saturated heterocycles. The summed E-state index contributed by atoms with van der Waals surface area (Å²) in [4.78, 5) is 12.6. The molecule has 2 aromatic rings. The minimum Gasteiger partial charge on any atom is -0.496 e. The Balaban J connectivity index is 1.70. The van der Waals surface area contributed by atoms with E-state index < -0.39 is 12.1 Å². The number of azo groups is 1. The lowest BCUT2D eigenvalue weighted by atomic mass is 9.90. The van der Waals surface area contributed by atoms with E-state index in [9.17, 15) is 4.79 Å². The van der Waals surface area contributed by atoms with Crippen molar-refractivity contribution >= 4 is 11.6 Å². The summed E-state index contributed by atoms with van der Waals surface area (Å²) in [6.45, 7) is 2.03. The lowest BCUT2D eigenvalue weighted by molar-refractivity contribution is -0.124. The predicted octanol–water partition coefficient (Wildman–Crippen LogP) is 3.81. The van der Waals surface area contributed by atoms with Crippen molar-refractivity contribution in [1.29, 1.82) is 0 Å². The third-order valence-electron chi connectivity index (χ3n) is 5.41. The maximum atomic E-state index is 12.6. The molecule has 4 rings (SSSR count). The lowest BCUT2D eigenvalue weighted by Crippen LogP contribution is -2.47. The number of methoxy groups -OCH3 is 1. The maximum absolute atomic E-state index is 12.6. The van der Waals surface area contributed by atoms with E-state index in [4.69, 9.17) is 10.5 Å². The number of carbonyl (C=O) groups is 1. The highest BCUT2D eigenvalue weighted by atomic mass is 16.5. The van der Waals surface area contributed by atoms with Crippen molar-refractivity contribution in [3.05, 3.63) is 47.5 Å². The Kier molecular flexibility index (Phi) is 4.66. The van der Waals surface area contributed by atoms with E-state index in [0.717, 1.165) is 47.3 Å². The third kappa shape index (κ3) is 3.21. The summed E-state index contributed by atoms with van der Waals surface area (Å²) >= 11 is 0. The van der Waals surface area contributed by atoms with Gasteiger partial charge in [-0.1, -0.05) is 29.8 Å². The summed E-state index contributed by atoms with van der Waals surface area (Å²) in [6, 6.07) is 10.9. The summed E-state index contributed by atoms with van der Waals surface area (Å²) < 4.78 is 5.53. The van der Waals surface area contributed by atoms with Crippen LogP contribution in [-0.4, -0.2) is 25.1 Å². The van der Waals surface area contributed by atoms with Crippen molar-refractivity contribution in [1.82, 2.24) is 5.32 Å². The number of carbonyl (C=O) groups excluding carboxylic acids is 1. The molecule has 1 aliphatic carbocycles. The van der Waals surface area contributed by atoms with Crippen molar-refractivity contribution in [2.75, 3.05) is 7.11 Å². The quantitative estimate of drug-likeness (QED) is 0.864. The van der Waals surface area contributed by atoms with Crippen LogP contribution >= 0.6 is 0 Å². The zero-order valence-corrected chi connectivity index (χ0v) is 15.6. The van der Waals surface area contributed by atoms with Gasteiger partial charge in [0.2, 0.25) is 5.91 Å². The average molecular weight is 364 g/mol. The predicted molar refractivity (Wildman–Crippen MR) is 104 cm³/mol. The van der Waals surface area contributed by atoms with Gasteiger partial charge in [0.15, 0.2) is 6.04 Å². The Morgan fingerprint density at radius 1 is 1.22 bits per heavy atom. The molecular formula is C21H24N4O2. The van der Waals surface area contributed by atoms with E-state index >= 15 is 0 Å². The van der Waals surface area contributed by atoms with Gasteiger partial charge in [0.05, 0.1) is 18.8 Å². The second-order valence-electron chi connectivity index (χ2n) is 7.27. The Labute approximate surface area is 158 Å². The fourth-order valence-electron chi connectivity index (χ4n) is 3.61. The van der Waals surface area contributed by atoms with E-state index in [2.05, 4.69) is 21.6 Å². The number of benzene rings is 2. The molecule has 6 nitrogen and oxygen atoms in total. The number of nitrogens with zero attached hydrogens (tertiary/aromatic N) is 2. The van der Waals surface area contributed by atoms with E-state index in [1.165, 1.54) is 0 Å². The zero-order valence-electron chi connectivity index (χ0n) is 15.6. The summed E-state index contributed by atoms with van der Waals surface area (Å²) in [5, 5.41) is 11.7. The number of rotatable bonds is 4. The van der Waals surface area contributed by atoms with Gasteiger partial charge in [-0.05, 0) is 43.9 Å². The third-order valence-corrected chi connectivity index (χ3v) is 5.41. The largest absolute Gasteiger partial charge is 0.496 e. The Morgan fingerprint density at radius 2 is 2.04 bits per heavy atom. The van der Waals surface area contributed by atoms with Crippen LogP contribution < -0.4 is 15.8 Å². The average Bonchev–Trinajstić information content (AvgIpc) is 2.64. The first-order valence-electron chi connectivity index (χ1n) is 9.33. The van der Waals surface area contributed by atoms with Crippen LogP contribution in [-0.2, 0) is 4.79 Å². The highest BCUT2D eigenvalue weighted by Crippen LogP contribution is 2.43. The fraction of sp³-hybridized carbons (Fsp3) is 0.381. The molecule has 1 heterocycles. The fourth-order valence-corrected chi connectivity index (χ4v) is 3.61. The molecule has 0 spiro atoms. The first-order chi connectivity index (χ1) is 13.1. The van der Waals surface area contributed by atoms with Crippen LogP contribution in [0.3, 0.4) is 0 Å². The van der Waals surface area contributed by atoms with E-state index in [-0.39, 0.29) is 11.9 Å². The number of fused-ring (bicyclic) bond motifs is 1. The molecule has 1 aliphatic heterocycles. The Bertz CT molecular complexity index is 905. The SMILES string of the molecule is COc1ccc(C)cc1-c1cccc2c1N=NC(C(=O)NC1CCC1)C2N. The van der Waals surface area contributed by atoms with E-state index in [1.807, 2.05) is 37.3 Å². The first-order valence-corrected chi connectivity index (χ1v) is 9.33. The maximum Gasteiger partial charge on any atom is 0.248 e. The summed E-state index contributed by atoms with van der Waals surface area (Å²) in [5.74, 6) is 0.628. The normalized spacial score (nSPS) is 21.3. The van der Waals surface area contributed by atoms with Crippen LogP contribution in [0.4, 0.5) is 5.69 Å².